The van der Waals surface area contributed by atoms with Crippen molar-refractivity contribution in [2.45, 2.75) is 97.6 Å². The molecule has 3 aromatic rings. The molecule has 40 heavy (non-hydrogen) atoms. The van der Waals surface area contributed by atoms with Crippen LogP contribution in [-0.2, 0) is 13.1 Å². The SMILES string of the molecule is CCCCCCCCCCCCOc1ccc(CN(C(=O)c2cccc[n+]2CCC)c2ccccc2)cc1OC. The number of carbonyl (C=O) groups is 1. The van der Waals surface area contributed by atoms with Crippen molar-refractivity contribution in [1.29, 1.82) is 0 Å². The summed E-state index contributed by atoms with van der Waals surface area (Å²) in [5, 5.41) is 0. The van der Waals surface area contributed by atoms with Gasteiger partial charge in [0.05, 0.1) is 20.3 Å². The Bertz CT molecular complexity index is 1130. The van der Waals surface area contributed by atoms with Crippen LogP contribution in [0.1, 0.15) is 101 Å². The zero-order chi connectivity index (χ0) is 28.4. The third-order valence-electron chi connectivity index (χ3n) is 7.26. The molecule has 216 valence electrons. The van der Waals surface area contributed by atoms with Gasteiger partial charge in [-0.1, -0.05) is 95.9 Å². The molecule has 0 fully saturated rings. The lowest BCUT2D eigenvalue weighted by atomic mass is 10.1. The quantitative estimate of drug-likeness (QED) is 0.112. The molecule has 0 aliphatic carbocycles. The minimum atomic E-state index is -0.0273. The predicted molar refractivity (Wildman–Crippen MR) is 164 cm³/mol. The minimum absolute atomic E-state index is 0.0273. The number of hydrogen-bond acceptors (Lipinski definition) is 3. The molecule has 0 N–H and O–H groups in total. The lowest BCUT2D eigenvalue weighted by Gasteiger charge is -2.23. The molecule has 0 aliphatic rings. The standard InChI is InChI=1S/C35H49N2O3/c1-4-6-7-8-9-10-11-12-13-19-27-40-33-24-23-30(28-34(33)39-3)29-37(31-20-15-14-16-21-31)35(38)32-22-17-18-26-36(32)25-5-2/h14-18,20-24,26,28H,4-13,19,25,27,29H2,1-3H3/q+1. The largest absolute Gasteiger partial charge is 0.493 e. The topological polar surface area (TPSA) is 42.7 Å². The summed E-state index contributed by atoms with van der Waals surface area (Å²) in [6.07, 6.45) is 16.0. The van der Waals surface area contributed by atoms with E-state index in [0.717, 1.165) is 36.4 Å². The number of methoxy groups -OCH3 is 1. The van der Waals surface area contributed by atoms with Gasteiger partial charge >= 0.3 is 5.91 Å². The van der Waals surface area contributed by atoms with Gasteiger partial charge < -0.3 is 9.47 Å². The van der Waals surface area contributed by atoms with Crippen LogP contribution in [0.5, 0.6) is 11.5 Å². The Morgan fingerprint density at radius 3 is 2.10 bits per heavy atom. The first-order valence-electron chi connectivity index (χ1n) is 15.3. The third kappa shape index (κ3) is 10.0. The zero-order valence-electron chi connectivity index (χ0n) is 24.9. The molecule has 0 saturated heterocycles. The van der Waals surface area contributed by atoms with Crippen LogP contribution in [0.4, 0.5) is 5.69 Å². The van der Waals surface area contributed by atoms with E-state index >= 15 is 0 Å². The van der Waals surface area contributed by atoms with Crippen LogP contribution in [0.15, 0.2) is 72.9 Å². The highest BCUT2D eigenvalue weighted by Crippen LogP contribution is 2.30. The van der Waals surface area contributed by atoms with E-state index in [0.29, 0.717) is 24.6 Å². The van der Waals surface area contributed by atoms with Crippen LogP contribution in [0.3, 0.4) is 0 Å². The van der Waals surface area contributed by atoms with E-state index in [9.17, 15) is 4.79 Å². The Hall–Kier alpha value is -3.34. The molecule has 0 spiro atoms. The zero-order valence-corrected chi connectivity index (χ0v) is 24.9. The summed E-state index contributed by atoms with van der Waals surface area (Å²) in [5.74, 6) is 1.43. The number of para-hydroxylation sites is 1. The molecule has 5 heteroatoms. The average molecular weight is 546 g/mol. The second-order valence-electron chi connectivity index (χ2n) is 10.5. The number of rotatable bonds is 19. The number of aryl methyl sites for hydroxylation is 1. The van der Waals surface area contributed by atoms with E-state index in [2.05, 4.69) is 13.8 Å². The van der Waals surface area contributed by atoms with Crippen molar-refractivity contribution in [2.24, 2.45) is 0 Å². The van der Waals surface area contributed by atoms with Crippen LogP contribution >= 0.6 is 0 Å². The second-order valence-corrected chi connectivity index (χ2v) is 10.5. The Balaban J connectivity index is 1.59. The Kier molecular flexibility index (Phi) is 14.1. The van der Waals surface area contributed by atoms with Crippen LogP contribution in [0.2, 0.25) is 0 Å². The first kappa shape index (κ1) is 31.2. The van der Waals surface area contributed by atoms with Crippen LogP contribution < -0.4 is 18.9 Å². The van der Waals surface area contributed by atoms with Gasteiger partial charge in [-0.15, -0.1) is 0 Å². The number of pyridine rings is 1. The maximum atomic E-state index is 13.8. The van der Waals surface area contributed by atoms with E-state index in [1.54, 1.807) is 7.11 Å². The maximum Gasteiger partial charge on any atom is 0.323 e. The number of anilines is 1. The molecule has 0 atom stereocenters. The Labute approximate surface area is 242 Å². The van der Waals surface area contributed by atoms with Crippen LogP contribution in [-0.4, -0.2) is 19.6 Å². The number of benzene rings is 2. The first-order valence-corrected chi connectivity index (χ1v) is 15.3. The number of ether oxygens (including phenoxy) is 2. The highest BCUT2D eigenvalue weighted by molar-refractivity contribution is 6.03. The molecule has 0 radical (unpaired) electrons. The normalized spacial score (nSPS) is 10.9. The van der Waals surface area contributed by atoms with Gasteiger partial charge in [0, 0.05) is 24.2 Å². The van der Waals surface area contributed by atoms with Gasteiger partial charge in [0.25, 0.3) is 5.69 Å². The monoisotopic (exact) mass is 545 g/mol. The number of amides is 1. The van der Waals surface area contributed by atoms with E-state index in [1.165, 1.54) is 57.8 Å². The average Bonchev–Trinajstić information content (AvgIpc) is 2.99. The van der Waals surface area contributed by atoms with Gasteiger partial charge in [-0.3, -0.25) is 9.69 Å². The predicted octanol–water partition coefficient (Wildman–Crippen LogP) is 8.54. The van der Waals surface area contributed by atoms with Crippen molar-refractivity contribution in [3.8, 4) is 11.5 Å². The van der Waals surface area contributed by atoms with Gasteiger partial charge in [0.15, 0.2) is 17.7 Å². The van der Waals surface area contributed by atoms with E-state index in [1.807, 2.05) is 82.4 Å². The summed E-state index contributed by atoms with van der Waals surface area (Å²) in [7, 11) is 1.67. The third-order valence-corrected chi connectivity index (χ3v) is 7.26. The summed E-state index contributed by atoms with van der Waals surface area (Å²) in [6.45, 7) is 6.30. The van der Waals surface area contributed by atoms with E-state index in [4.69, 9.17) is 9.47 Å². The maximum absolute atomic E-state index is 13.8. The second kappa shape index (κ2) is 18.1. The van der Waals surface area contributed by atoms with Crippen LogP contribution in [0, 0.1) is 0 Å². The molecule has 5 nitrogen and oxygen atoms in total. The van der Waals surface area contributed by atoms with Crippen molar-refractivity contribution in [3.63, 3.8) is 0 Å². The van der Waals surface area contributed by atoms with E-state index < -0.39 is 0 Å². The summed E-state index contributed by atoms with van der Waals surface area (Å²) >= 11 is 0. The number of unbranched alkanes of at least 4 members (excludes halogenated alkanes) is 9. The Morgan fingerprint density at radius 2 is 1.43 bits per heavy atom. The van der Waals surface area contributed by atoms with Gasteiger partial charge in [-0.25, -0.2) is 0 Å². The number of hydrogen-bond donors (Lipinski definition) is 0. The molecule has 1 aromatic heterocycles. The fraction of sp³-hybridized carbons (Fsp3) is 0.486. The fourth-order valence-electron chi connectivity index (χ4n) is 5.02. The number of nitrogens with zero attached hydrogens (tertiary/aromatic N) is 2. The summed E-state index contributed by atoms with van der Waals surface area (Å²) in [4.78, 5) is 15.7. The van der Waals surface area contributed by atoms with Crippen molar-refractivity contribution >= 4 is 11.6 Å². The van der Waals surface area contributed by atoms with Crippen molar-refractivity contribution in [2.75, 3.05) is 18.6 Å². The summed E-state index contributed by atoms with van der Waals surface area (Å²) in [5.41, 5.74) is 2.52. The van der Waals surface area contributed by atoms with Gasteiger partial charge in [-0.2, -0.15) is 4.57 Å². The van der Waals surface area contributed by atoms with Crippen molar-refractivity contribution in [3.05, 3.63) is 84.2 Å². The lowest BCUT2D eigenvalue weighted by Crippen LogP contribution is -2.44. The fourth-order valence-corrected chi connectivity index (χ4v) is 5.02. The Morgan fingerprint density at radius 1 is 0.750 bits per heavy atom. The summed E-state index contributed by atoms with van der Waals surface area (Å²) in [6, 6.07) is 21.6. The van der Waals surface area contributed by atoms with Crippen molar-refractivity contribution < 1.29 is 18.8 Å². The highest BCUT2D eigenvalue weighted by atomic mass is 16.5. The minimum Gasteiger partial charge on any atom is -0.493 e. The smallest absolute Gasteiger partial charge is 0.323 e. The van der Waals surface area contributed by atoms with Gasteiger partial charge in [-0.05, 0) is 42.3 Å². The molecular formula is C35H49N2O3+. The molecular weight excluding hydrogens is 496 g/mol. The highest BCUT2D eigenvalue weighted by Gasteiger charge is 2.26. The summed E-state index contributed by atoms with van der Waals surface area (Å²) < 4.78 is 13.8. The van der Waals surface area contributed by atoms with Crippen LogP contribution in [0.25, 0.3) is 0 Å². The first-order chi connectivity index (χ1) is 19.7. The van der Waals surface area contributed by atoms with Gasteiger partial charge in [0.1, 0.15) is 6.54 Å². The van der Waals surface area contributed by atoms with Crippen molar-refractivity contribution in [1.82, 2.24) is 0 Å². The molecule has 0 aliphatic heterocycles. The molecule has 1 heterocycles. The molecule has 0 saturated carbocycles. The molecule has 2 aromatic carbocycles. The molecule has 1 amide bonds. The number of carbonyl (C=O) groups excluding carboxylic acids is 1. The lowest BCUT2D eigenvalue weighted by molar-refractivity contribution is -0.698. The molecule has 3 rings (SSSR count). The molecule has 0 unspecified atom stereocenters. The van der Waals surface area contributed by atoms with Gasteiger partial charge in [0.2, 0.25) is 0 Å². The number of aromatic nitrogens is 1. The molecule has 0 bridgehead atoms. The van der Waals surface area contributed by atoms with E-state index in [-0.39, 0.29) is 5.91 Å².